The van der Waals surface area contributed by atoms with Crippen molar-refractivity contribution in [3.05, 3.63) is 0 Å². The van der Waals surface area contributed by atoms with E-state index in [0.717, 1.165) is 0 Å². The summed E-state index contributed by atoms with van der Waals surface area (Å²) in [5, 5.41) is 0. The summed E-state index contributed by atoms with van der Waals surface area (Å²) in [6.07, 6.45) is 0. The second-order valence-electron chi connectivity index (χ2n) is 0.491. The third-order valence-electron chi connectivity index (χ3n) is 0. The van der Waals surface area contributed by atoms with Gasteiger partial charge in [-0.25, -0.2) is 0 Å². The summed E-state index contributed by atoms with van der Waals surface area (Å²) in [5.41, 5.74) is 0. The summed E-state index contributed by atoms with van der Waals surface area (Å²) in [4.78, 5) is 22.9. The van der Waals surface area contributed by atoms with Crippen LogP contribution in [-0.2, 0) is 4.57 Å². The summed E-state index contributed by atoms with van der Waals surface area (Å²) in [6.45, 7) is 0. The van der Waals surface area contributed by atoms with Gasteiger partial charge in [-0.15, -0.1) is 0 Å². The second kappa shape index (κ2) is 8.23. The van der Waals surface area contributed by atoms with Gasteiger partial charge in [0.05, 0.1) is 0 Å². The van der Waals surface area contributed by atoms with Crippen molar-refractivity contribution in [2.45, 2.75) is 0 Å². The van der Waals surface area contributed by atoms with Crippen LogP contribution >= 0.6 is 7.82 Å². The fraction of sp³-hybridized carbons (Fsp3) is 0. The Labute approximate surface area is 69.6 Å². The average molecular weight is 130 g/mol. The van der Waals surface area contributed by atoms with Crippen LogP contribution in [0.4, 0.5) is 0 Å². The minimum Gasteiger partial charge on any atom is -1.00 e. The van der Waals surface area contributed by atoms with E-state index in [-0.39, 0.29) is 42.4 Å². The van der Waals surface area contributed by atoms with Crippen molar-refractivity contribution in [2.75, 3.05) is 0 Å². The van der Waals surface area contributed by atoms with Crippen LogP contribution in [0.25, 0.3) is 0 Å². The molecule has 0 aliphatic heterocycles. The molecule has 8 heteroatoms. The van der Waals surface area contributed by atoms with Gasteiger partial charge in [-0.1, -0.05) is 0 Å². The molecule has 0 bridgehead atoms. The molecule has 0 aliphatic carbocycles. The van der Waals surface area contributed by atoms with Crippen LogP contribution in [-0.4, -0.2) is 9.79 Å². The molecule has 40 valence electrons. The minimum absolute atomic E-state index is 0. The maximum absolute atomic E-state index is 8.77. The van der Waals surface area contributed by atoms with Crippen LogP contribution in [0.2, 0.25) is 0 Å². The first kappa shape index (κ1) is 22.9. The molecule has 0 aromatic rings. The molecule has 0 aliphatic rings. The van der Waals surface area contributed by atoms with E-state index in [4.69, 9.17) is 19.2 Å². The number of hydrogen-bond acceptors (Lipinski definition) is 2. The van der Waals surface area contributed by atoms with Gasteiger partial charge in [0.2, 0.25) is 0 Å². The largest absolute Gasteiger partial charge is 1.00 e. The molecule has 4 nitrogen and oxygen atoms in total. The average Bonchev–Trinajstić information content (AvgIpc) is 0.722. The van der Waals surface area contributed by atoms with Crippen molar-refractivity contribution >= 4 is 7.82 Å². The van der Waals surface area contributed by atoms with Crippen molar-refractivity contribution in [1.29, 1.82) is 0 Å². The molecule has 8 heavy (non-hydrogen) atoms. The van der Waals surface area contributed by atoms with Gasteiger partial charge in [0.25, 0.3) is 7.82 Å². The van der Waals surface area contributed by atoms with Crippen LogP contribution in [0.15, 0.2) is 0 Å². The van der Waals surface area contributed by atoms with Crippen molar-refractivity contribution in [1.82, 2.24) is 0 Å². The van der Waals surface area contributed by atoms with Crippen LogP contribution in [0.1, 0.15) is 0 Å². The quantitative estimate of drug-likeness (QED) is 0.252. The first-order chi connectivity index (χ1) is 2.00. The van der Waals surface area contributed by atoms with Crippen LogP contribution in [0.5, 0.6) is 0 Å². The molecule has 2 N–H and O–H groups in total. The number of rotatable bonds is 0. The molecule has 0 rings (SSSR count). The predicted octanol–water partition coefficient (Wildman–Crippen LogP) is -10.5. The Hall–Kier alpha value is 1.23. The summed E-state index contributed by atoms with van der Waals surface area (Å²) < 4.78 is 8.77. The van der Waals surface area contributed by atoms with Gasteiger partial charge < -0.3 is 19.4 Å². The third-order valence-corrected chi connectivity index (χ3v) is 0. The molecule has 0 aromatic carbocycles. The van der Waals surface area contributed by atoms with E-state index < -0.39 is 7.82 Å². The molecule has 0 amide bonds. The van der Waals surface area contributed by atoms with E-state index in [1.807, 2.05) is 0 Å². The van der Waals surface area contributed by atoms with Crippen LogP contribution in [0, 0.1) is 0 Å². The van der Waals surface area contributed by atoms with E-state index in [9.17, 15) is 0 Å². The molecule has 0 radical (unpaired) electrons. The zero-order chi connectivity index (χ0) is 4.50. The van der Waals surface area contributed by atoms with E-state index >= 15 is 0 Å². The SMILES string of the molecule is O=P([O-])(O)O.[F-].[Li+].[Li+]. The van der Waals surface area contributed by atoms with Gasteiger partial charge in [0.15, 0.2) is 0 Å². The maximum atomic E-state index is 8.77. The molecule has 0 fully saturated rings. The van der Waals surface area contributed by atoms with Crippen molar-refractivity contribution in [3.8, 4) is 0 Å². The Balaban J connectivity index is -0.0000000267. The Morgan fingerprint density at radius 3 is 1.25 bits per heavy atom. The van der Waals surface area contributed by atoms with Crippen LogP contribution < -0.4 is 47.3 Å². The zero-order valence-electron chi connectivity index (χ0n) is 4.54. The normalized spacial score (nSPS) is 7.38. The number of phosphoric acid groups is 1. The van der Waals surface area contributed by atoms with Crippen LogP contribution in [0.3, 0.4) is 0 Å². The first-order valence-corrected chi connectivity index (χ1v) is 2.30. The Morgan fingerprint density at radius 2 is 1.25 bits per heavy atom. The molecular formula is H2FLi2O4P. The molecule has 0 atom stereocenters. The van der Waals surface area contributed by atoms with Gasteiger partial charge in [-0.2, -0.15) is 0 Å². The van der Waals surface area contributed by atoms with Crippen molar-refractivity contribution < 1.29 is 61.7 Å². The van der Waals surface area contributed by atoms with Crippen molar-refractivity contribution in [3.63, 3.8) is 0 Å². The third kappa shape index (κ3) is 184. The smallest absolute Gasteiger partial charge is 1.00 e. The summed E-state index contributed by atoms with van der Waals surface area (Å²) >= 11 is 0. The van der Waals surface area contributed by atoms with Gasteiger partial charge >= 0.3 is 37.7 Å². The molecular weight excluding hydrogens is 128 g/mol. The topological polar surface area (TPSA) is 80.6 Å². The van der Waals surface area contributed by atoms with E-state index in [2.05, 4.69) is 0 Å². The maximum Gasteiger partial charge on any atom is 1.00 e. The molecule has 0 aromatic heterocycles. The first-order valence-electron chi connectivity index (χ1n) is 0.765. The second-order valence-corrected chi connectivity index (χ2v) is 1.47. The van der Waals surface area contributed by atoms with Crippen molar-refractivity contribution in [2.24, 2.45) is 0 Å². The Bertz CT molecular complexity index is 60.2. The predicted molar refractivity (Wildman–Crippen MR) is 12.0 cm³/mol. The summed E-state index contributed by atoms with van der Waals surface area (Å²) in [5.74, 6) is 0. The van der Waals surface area contributed by atoms with E-state index in [1.165, 1.54) is 0 Å². The van der Waals surface area contributed by atoms with E-state index in [1.54, 1.807) is 0 Å². The van der Waals surface area contributed by atoms with Gasteiger partial charge in [0, 0.05) is 0 Å². The van der Waals surface area contributed by atoms with E-state index in [0.29, 0.717) is 0 Å². The molecule has 0 saturated carbocycles. The van der Waals surface area contributed by atoms with Gasteiger partial charge in [-0.05, 0) is 0 Å². The van der Waals surface area contributed by atoms with Gasteiger partial charge in [0.1, 0.15) is 0 Å². The summed E-state index contributed by atoms with van der Waals surface area (Å²) in [7, 11) is -4.89. The molecule has 0 heterocycles. The minimum atomic E-state index is -4.89. The monoisotopic (exact) mass is 130 g/mol. The number of halogens is 1. The zero-order valence-corrected chi connectivity index (χ0v) is 5.43. The molecule has 0 spiro atoms. The molecule has 0 saturated heterocycles. The summed E-state index contributed by atoms with van der Waals surface area (Å²) in [6, 6.07) is 0. The molecule has 0 unspecified atom stereocenters. The fourth-order valence-corrected chi connectivity index (χ4v) is 0. The Morgan fingerprint density at radius 1 is 1.25 bits per heavy atom. The number of hydrogen-bond donors (Lipinski definition) is 2. The Kier molecular flexibility index (Phi) is 23.5. The fourth-order valence-electron chi connectivity index (χ4n) is 0. The van der Waals surface area contributed by atoms with Gasteiger partial charge in [-0.3, -0.25) is 4.57 Å². The standard InChI is InChI=1S/FH.2Li.H3O4P/c;;;1-5(2,3)4/h1H;;;(H3,1,2,3,4)/q;2*+1;/p-2.